The number of halogens is 3. The van der Waals surface area contributed by atoms with E-state index < -0.39 is 11.9 Å². The zero-order valence-electron chi connectivity index (χ0n) is 13.7. The summed E-state index contributed by atoms with van der Waals surface area (Å²) in [7, 11) is 0. The maximum atomic E-state index is 13.2. The molecule has 1 saturated heterocycles. The molecule has 3 heterocycles. The average Bonchev–Trinajstić information content (AvgIpc) is 3.03. The van der Waals surface area contributed by atoms with Crippen LogP contribution in [-0.4, -0.2) is 32.8 Å². The lowest BCUT2D eigenvalue weighted by Gasteiger charge is -2.31. The van der Waals surface area contributed by atoms with E-state index in [4.69, 9.17) is 0 Å². The average molecular weight is 339 g/mol. The van der Waals surface area contributed by atoms with Crippen LogP contribution >= 0.6 is 0 Å². The first-order valence-corrected chi connectivity index (χ1v) is 8.11. The molecule has 1 atom stereocenters. The Morgan fingerprint density at radius 1 is 1.29 bits per heavy atom. The Morgan fingerprint density at radius 3 is 2.71 bits per heavy atom. The van der Waals surface area contributed by atoms with Gasteiger partial charge in [0.05, 0.1) is 11.9 Å². The van der Waals surface area contributed by atoms with Crippen LogP contribution in [0.5, 0.6) is 0 Å². The molecule has 0 unspecified atom stereocenters. The predicted octanol–water partition coefficient (Wildman–Crippen LogP) is 3.62. The van der Waals surface area contributed by atoms with E-state index in [1.54, 1.807) is 10.9 Å². The van der Waals surface area contributed by atoms with Crippen molar-refractivity contribution in [2.24, 2.45) is 5.92 Å². The number of nitrogens with zero attached hydrogens (tertiary/aromatic N) is 5. The van der Waals surface area contributed by atoms with Crippen LogP contribution in [0.4, 0.5) is 19.1 Å². The Balaban J connectivity index is 2.03. The minimum absolute atomic E-state index is 0.149. The molecule has 5 nitrogen and oxygen atoms in total. The van der Waals surface area contributed by atoms with E-state index in [-0.39, 0.29) is 11.6 Å². The van der Waals surface area contributed by atoms with Gasteiger partial charge < -0.3 is 4.90 Å². The first-order chi connectivity index (χ1) is 11.4. The van der Waals surface area contributed by atoms with E-state index in [1.165, 1.54) is 6.20 Å². The maximum absolute atomic E-state index is 13.2. The van der Waals surface area contributed by atoms with Crippen molar-refractivity contribution in [1.82, 2.24) is 19.7 Å². The summed E-state index contributed by atoms with van der Waals surface area (Å²) in [6.07, 6.45) is 0.740. The second-order valence-electron chi connectivity index (χ2n) is 6.21. The molecule has 0 spiro atoms. The number of hydrogen-bond acceptors (Lipinski definition) is 4. The van der Waals surface area contributed by atoms with Crippen LogP contribution in [0.3, 0.4) is 0 Å². The molecular weight excluding hydrogens is 319 g/mol. The van der Waals surface area contributed by atoms with E-state index in [9.17, 15) is 13.2 Å². The fourth-order valence-electron chi connectivity index (χ4n) is 2.91. The standard InChI is InChI=1S/C16H20F3N5/c1-3-24-10-12(8-20-24)13-7-14(16(17,18)19)22-15(21-13)23-6-4-5-11(2)9-23/h7-8,10-11H,3-6,9H2,1-2H3/t11-/m0/s1. The van der Waals surface area contributed by atoms with Gasteiger partial charge in [0.1, 0.15) is 0 Å². The van der Waals surface area contributed by atoms with Gasteiger partial charge in [-0.2, -0.15) is 18.3 Å². The van der Waals surface area contributed by atoms with Gasteiger partial charge in [-0.3, -0.25) is 4.68 Å². The number of hydrogen-bond donors (Lipinski definition) is 0. The van der Waals surface area contributed by atoms with Crippen molar-refractivity contribution in [3.63, 3.8) is 0 Å². The molecule has 0 N–H and O–H groups in total. The highest BCUT2D eigenvalue weighted by molar-refractivity contribution is 5.59. The Bertz CT molecular complexity index is 710. The molecule has 0 radical (unpaired) electrons. The van der Waals surface area contributed by atoms with Gasteiger partial charge in [0.15, 0.2) is 5.69 Å². The quantitative estimate of drug-likeness (QED) is 0.857. The highest BCUT2D eigenvalue weighted by atomic mass is 19.4. The van der Waals surface area contributed by atoms with Crippen LogP contribution < -0.4 is 4.90 Å². The largest absolute Gasteiger partial charge is 0.433 e. The number of rotatable bonds is 3. The molecule has 0 saturated carbocycles. The van der Waals surface area contributed by atoms with E-state index in [1.807, 2.05) is 11.8 Å². The summed E-state index contributed by atoms with van der Waals surface area (Å²) in [6.45, 7) is 6.01. The monoisotopic (exact) mass is 339 g/mol. The molecule has 1 fully saturated rings. The van der Waals surface area contributed by atoms with Crippen LogP contribution in [0.25, 0.3) is 11.3 Å². The number of aromatic nitrogens is 4. The lowest BCUT2D eigenvalue weighted by molar-refractivity contribution is -0.141. The van der Waals surface area contributed by atoms with Crippen molar-refractivity contribution >= 4 is 5.95 Å². The molecule has 130 valence electrons. The molecule has 0 aliphatic carbocycles. The molecule has 1 aliphatic heterocycles. The molecule has 3 rings (SSSR count). The molecule has 0 amide bonds. The summed E-state index contributed by atoms with van der Waals surface area (Å²) in [5.74, 6) is 0.568. The van der Waals surface area contributed by atoms with E-state index in [0.29, 0.717) is 31.1 Å². The lowest BCUT2D eigenvalue weighted by atomic mass is 10.0. The van der Waals surface area contributed by atoms with Gasteiger partial charge in [0.25, 0.3) is 0 Å². The van der Waals surface area contributed by atoms with Crippen molar-refractivity contribution in [3.05, 3.63) is 24.2 Å². The van der Waals surface area contributed by atoms with Crippen molar-refractivity contribution in [2.75, 3.05) is 18.0 Å². The van der Waals surface area contributed by atoms with Crippen LogP contribution in [-0.2, 0) is 12.7 Å². The summed E-state index contributed by atoms with van der Waals surface area (Å²) in [4.78, 5) is 10.0. The Labute approximate surface area is 138 Å². The van der Waals surface area contributed by atoms with Gasteiger partial charge in [-0.1, -0.05) is 6.92 Å². The summed E-state index contributed by atoms with van der Waals surface area (Å²) in [5.41, 5.74) is -0.0914. The lowest BCUT2D eigenvalue weighted by Crippen LogP contribution is -2.36. The normalized spacial score (nSPS) is 18.9. The molecule has 2 aromatic heterocycles. The summed E-state index contributed by atoms with van der Waals surface area (Å²) in [6, 6.07) is 0.994. The molecule has 0 aromatic carbocycles. The fourth-order valence-corrected chi connectivity index (χ4v) is 2.91. The molecule has 2 aromatic rings. The van der Waals surface area contributed by atoms with Crippen LogP contribution in [0, 0.1) is 5.92 Å². The highest BCUT2D eigenvalue weighted by Gasteiger charge is 2.34. The van der Waals surface area contributed by atoms with Crippen molar-refractivity contribution in [2.45, 2.75) is 39.4 Å². The van der Waals surface area contributed by atoms with Crippen molar-refractivity contribution in [1.29, 1.82) is 0 Å². The topological polar surface area (TPSA) is 46.8 Å². The number of piperidine rings is 1. The molecular formula is C16H20F3N5. The summed E-state index contributed by atoms with van der Waals surface area (Å²) in [5, 5.41) is 4.12. The van der Waals surface area contributed by atoms with Gasteiger partial charge in [-0.25, -0.2) is 9.97 Å². The van der Waals surface area contributed by atoms with Crippen LogP contribution in [0.2, 0.25) is 0 Å². The molecule has 0 bridgehead atoms. The van der Waals surface area contributed by atoms with Crippen molar-refractivity contribution < 1.29 is 13.2 Å². The maximum Gasteiger partial charge on any atom is 0.433 e. The van der Waals surface area contributed by atoms with E-state index in [0.717, 1.165) is 18.9 Å². The molecule has 24 heavy (non-hydrogen) atoms. The van der Waals surface area contributed by atoms with Gasteiger partial charge >= 0.3 is 6.18 Å². The second kappa shape index (κ2) is 6.41. The number of aryl methyl sites for hydroxylation is 1. The van der Waals surface area contributed by atoms with Gasteiger partial charge in [0, 0.05) is 31.4 Å². The third-order valence-corrected chi connectivity index (χ3v) is 4.20. The van der Waals surface area contributed by atoms with Crippen molar-refractivity contribution in [3.8, 4) is 11.3 Å². The Hall–Kier alpha value is -2.12. The van der Waals surface area contributed by atoms with Gasteiger partial charge in [0.2, 0.25) is 5.95 Å². The first-order valence-electron chi connectivity index (χ1n) is 8.11. The molecule has 8 heteroatoms. The molecule has 1 aliphatic rings. The Kier molecular flexibility index (Phi) is 4.47. The minimum Gasteiger partial charge on any atom is -0.341 e. The van der Waals surface area contributed by atoms with E-state index in [2.05, 4.69) is 22.0 Å². The summed E-state index contributed by atoms with van der Waals surface area (Å²) >= 11 is 0. The van der Waals surface area contributed by atoms with E-state index >= 15 is 0 Å². The number of anilines is 1. The Morgan fingerprint density at radius 2 is 2.08 bits per heavy atom. The smallest absolute Gasteiger partial charge is 0.341 e. The number of alkyl halides is 3. The third-order valence-electron chi connectivity index (χ3n) is 4.20. The minimum atomic E-state index is -4.51. The fraction of sp³-hybridized carbons (Fsp3) is 0.562. The third kappa shape index (κ3) is 3.52. The SMILES string of the molecule is CCn1cc(-c2cc(C(F)(F)F)nc(N3CCC[C@H](C)C3)n2)cn1. The predicted molar refractivity (Wildman–Crippen MR) is 84.5 cm³/mol. The first kappa shape index (κ1) is 16.7. The van der Waals surface area contributed by atoms with Crippen LogP contribution in [0.15, 0.2) is 18.5 Å². The van der Waals surface area contributed by atoms with Gasteiger partial charge in [-0.05, 0) is 31.7 Å². The van der Waals surface area contributed by atoms with Gasteiger partial charge in [-0.15, -0.1) is 0 Å². The second-order valence-corrected chi connectivity index (χ2v) is 6.21. The van der Waals surface area contributed by atoms with Crippen LogP contribution in [0.1, 0.15) is 32.4 Å². The summed E-state index contributed by atoms with van der Waals surface area (Å²) < 4.78 is 41.4. The highest BCUT2D eigenvalue weighted by Crippen LogP contribution is 2.32. The zero-order chi connectivity index (χ0) is 17.3. The zero-order valence-corrected chi connectivity index (χ0v) is 13.7.